The number of piperidine rings is 1. The van der Waals surface area contributed by atoms with Crippen molar-refractivity contribution in [2.45, 2.75) is 44.7 Å². The van der Waals surface area contributed by atoms with E-state index in [0.717, 1.165) is 16.1 Å². The van der Waals surface area contributed by atoms with Gasteiger partial charge in [0.15, 0.2) is 5.69 Å². The molecule has 1 unspecified atom stereocenters. The molecule has 3 aromatic heterocycles. The maximum atomic E-state index is 13.9. The number of pyridine rings is 1. The van der Waals surface area contributed by atoms with Crippen LogP contribution in [0, 0.1) is 11.8 Å². The number of aromatic nitrogens is 6. The van der Waals surface area contributed by atoms with Crippen LogP contribution in [0.15, 0.2) is 73.2 Å². The van der Waals surface area contributed by atoms with Gasteiger partial charge in [-0.2, -0.15) is 18.2 Å². The SMILES string of the molecule is CN(c1ncccc1CNc1nc(Nc2ccc(NC(=O)c3cn(CCOCCOCCOCC#Cc4cccc5c4CN(C4CCC(=O)NC4=O)C5=O)nn3)cc2)ncc1C(F)(F)F)S(C)(=O)=O. The molecule has 0 spiro atoms. The van der Waals surface area contributed by atoms with Crippen molar-refractivity contribution in [3.63, 3.8) is 0 Å². The Balaban J connectivity index is 0.787. The molecule has 2 aliphatic heterocycles. The summed E-state index contributed by atoms with van der Waals surface area (Å²) in [7, 11) is -2.42. The molecule has 0 saturated carbocycles. The summed E-state index contributed by atoms with van der Waals surface area (Å²) in [6, 6.07) is 13.8. The number of alkyl halides is 3. The average Bonchev–Trinajstić information content (AvgIpc) is 3.93. The summed E-state index contributed by atoms with van der Waals surface area (Å²) < 4.78 is 85.0. The number of halogens is 3. The minimum absolute atomic E-state index is 0.0372. The van der Waals surface area contributed by atoms with Crippen molar-refractivity contribution < 1.29 is 55.0 Å². The van der Waals surface area contributed by atoms with Crippen LogP contribution in [0.3, 0.4) is 0 Å². The Morgan fingerprint density at radius 2 is 1.71 bits per heavy atom. The summed E-state index contributed by atoms with van der Waals surface area (Å²) in [5.74, 6) is 3.70. The molecule has 1 atom stereocenters. The van der Waals surface area contributed by atoms with E-state index in [1.54, 1.807) is 42.5 Å². The molecular weight excluding hydrogens is 930 g/mol. The van der Waals surface area contributed by atoms with E-state index in [9.17, 15) is 40.8 Å². The molecule has 1 fully saturated rings. The number of nitrogens with one attached hydrogen (secondary N) is 4. The number of fused-ring (bicyclic) bond motifs is 1. The first-order chi connectivity index (χ1) is 33.0. The van der Waals surface area contributed by atoms with Crippen molar-refractivity contribution in [2.75, 3.05) is 73.2 Å². The highest BCUT2D eigenvalue weighted by atomic mass is 32.2. The molecular formula is C44H45F3N12O9S. The first kappa shape index (κ1) is 49.4. The topological polar surface area (TPSA) is 254 Å². The van der Waals surface area contributed by atoms with E-state index in [2.05, 4.69) is 58.4 Å². The van der Waals surface area contributed by atoms with Crippen LogP contribution in [0.1, 0.15) is 55.9 Å². The lowest BCUT2D eigenvalue weighted by Gasteiger charge is -2.29. The first-order valence-corrected chi connectivity index (χ1v) is 23.0. The van der Waals surface area contributed by atoms with Gasteiger partial charge < -0.3 is 35.1 Å². The summed E-state index contributed by atoms with van der Waals surface area (Å²) >= 11 is 0. The van der Waals surface area contributed by atoms with Gasteiger partial charge in [0.25, 0.3) is 11.8 Å². The number of nitrogens with zero attached hydrogens (tertiary/aromatic N) is 8. The lowest BCUT2D eigenvalue weighted by Crippen LogP contribution is -2.52. The predicted octanol–water partition coefficient (Wildman–Crippen LogP) is 3.35. The fourth-order valence-electron chi connectivity index (χ4n) is 7.00. The average molecular weight is 975 g/mol. The number of sulfonamides is 1. The summed E-state index contributed by atoms with van der Waals surface area (Å²) in [5, 5.41) is 18.4. The minimum Gasteiger partial charge on any atom is -0.377 e. The van der Waals surface area contributed by atoms with Gasteiger partial charge in [-0.1, -0.05) is 29.2 Å². The van der Waals surface area contributed by atoms with Crippen molar-refractivity contribution >= 4 is 62.6 Å². The number of carbonyl (C=O) groups excluding carboxylic acids is 4. The summed E-state index contributed by atoms with van der Waals surface area (Å²) in [5.41, 5.74) is 1.89. The monoisotopic (exact) mass is 974 g/mol. The van der Waals surface area contributed by atoms with E-state index >= 15 is 0 Å². The van der Waals surface area contributed by atoms with E-state index in [0.29, 0.717) is 60.6 Å². The molecule has 69 heavy (non-hydrogen) atoms. The van der Waals surface area contributed by atoms with Gasteiger partial charge in [-0.15, -0.1) is 5.10 Å². The van der Waals surface area contributed by atoms with Gasteiger partial charge in [0.05, 0.1) is 52.0 Å². The summed E-state index contributed by atoms with van der Waals surface area (Å²) in [4.78, 5) is 63.2. The van der Waals surface area contributed by atoms with E-state index in [-0.39, 0.29) is 75.0 Å². The standard InChI is InChI=1S/C44H45F3N12O9S/c1-57(69(2,64)65)39-29(7-4-16-48-39)24-49-38-34(44(45,46)47)25-50-43(54-38)52-31-12-10-30(11-13-31)51-40(61)35-27-58(56-55-35)17-19-67-21-23-68-22-20-66-18-5-8-28-6-3-9-32-33(28)26-59(42(32)63)36-14-15-37(60)53-41(36)62/h3-4,6-7,9-13,16,25,27,36H,14-15,17-24,26H2,1-2H3,(H,51,61)(H,53,60,62)(H2,49,50,52,54). The maximum Gasteiger partial charge on any atom is 0.421 e. The van der Waals surface area contributed by atoms with Gasteiger partial charge in [0, 0.05) is 67.0 Å². The Morgan fingerprint density at radius 1 is 0.971 bits per heavy atom. The second-order valence-electron chi connectivity index (χ2n) is 15.4. The van der Waals surface area contributed by atoms with Gasteiger partial charge in [-0.3, -0.25) is 28.8 Å². The Bertz CT molecular complexity index is 2870. The highest BCUT2D eigenvalue weighted by Gasteiger charge is 2.40. The van der Waals surface area contributed by atoms with Crippen LogP contribution in [-0.4, -0.2) is 126 Å². The number of anilines is 5. The third kappa shape index (κ3) is 12.9. The molecule has 4 N–H and O–H groups in total. The van der Waals surface area contributed by atoms with E-state index < -0.39 is 45.4 Å². The normalized spacial score (nSPS) is 14.7. The Hall–Kier alpha value is -7.53. The third-order valence-corrected chi connectivity index (χ3v) is 11.7. The fourth-order valence-corrected chi connectivity index (χ4v) is 7.48. The summed E-state index contributed by atoms with van der Waals surface area (Å²) in [6.07, 6.45) is 0.0809. The van der Waals surface area contributed by atoms with E-state index in [4.69, 9.17) is 14.2 Å². The molecule has 1 saturated heterocycles. The molecule has 362 valence electrons. The zero-order valence-corrected chi connectivity index (χ0v) is 37.9. The van der Waals surface area contributed by atoms with E-state index in [1.165, 1.54) is 41.2 Å². The number of amides is 4. The minimum atomic E-state index is -4.80. The molecule has 0 bridgehead atoms. The molecule has 5 heterocycles. The quantitative estimate of drug-likeness (QED) is 0.0496. The van der Waals surface area contributed by atoms with Crippen LogP contribution < -0.4 is 25.6 Å². The van der Waals surface area contributed by atoms with Crippen LogP contribution in [0.25, 0.3) is 0 Å². The van der Waals surface area contributed by atoms with Crippen LogP contribution in [0.2, 0.25) is 0 Å². The van der Waals surface area contributed by atoms with Crippen molar-refractivity contribution in [3.05, 3.63) is 107 Å². The van der Waals surface area contributed by atoms with Gasteiger partial charge in [0.2, 0.25) is 27.8 Å². The maximum absolute atomic E-state index is 13.9. The fraction of sp³-hybridized carbons (Fsp3) is 0.341. The zero-order chi connectivity index (χ0) is 49.1. The summed E-state index contributed by atoms with van der Waals surface area (Å²) in [6.45, 7) is 1.90. The Labute approximate surface area is 393 Å². The Kier molecular flexibility index (Phi) is 15.8. The number of carbonyl (C=O) groups is 4. The van der Waals surface area contributed by atoms with Crippen molar-refractivity contribution in [1.82, 2.24) is 40.2 Å². The number of imide groups is 1. The highest BCUT2D eigenvalue weighted by molar-refractivity contribution is 7.92. The van der Waals surface area contributed by atoms with Gasteiger partial charge in [-0.25, -0.2) is 23.1 Å². The van der Waals surface area contributed by atoms with Crippen molar-refractivity contribution in [3.8, 4) is 11.8 Å². The molecule has 4 amide bonds. The third-order valence-electron chi connectivity index (χ3n) is 10.6. The van der Waals surface area contributed by atoms with Crippen molar-refractivity contribution in [2.24, 2.45) is 0 Å². The van der Waals surface area contributed by atoms with Crippen LogP contribution >= 0.6 is 0 Å². The molecule has 7 rings (SSSR count). The number of rotatable bonds is 20. The zero-order valence-electron chi connectivity index (χ0n) is 37.1. The molecule has 25 heteroatoms. The molecule has 5 aromatic rings. The van der Waals surface area contributed by atoms with Crippen LogP contribution in [0.5, 0.6) is 0 Å². The number of hydrogen-bond donors (Lipinski definition) is 4. The van der Waals surface area contributed by atoms with E-state index in [1.807, 2.05) is 0 Å². The predicted molar refractivity (Wildman–Crippen MR) is 241 cm³/mol. The molecule has 2 aliphatic rings. The first-order valence-electron chi connectivity index (χ1n) is 21.2. The molecule has 2 aromatic carbocycles. The van der Waals surface area contributed by atoms with Crippen molar-refractivity contribution in [1.29, 1.82) is 0 Å². The molecule has 0 radical (unpaired) electrons. The smallest absolute Gasteiger partial charge is 0.377 e. The van der Waals surface area contributed by atoms with Gasteiger partial charge >= 0.3 is 6.18 Å². The number of ether oxygens (including phenoxy) is 3. The van der Waals surface area contributed by atoms with Gasteiger partial charge in [0.1, 0.15) is 29.8 Å². The van der Waals surface area contributed by atoms with Crippen LogP contribution in [0.4, 0.5) is 42.1 Å². The second-order valence-corrected chi connectivity index (χ2v) is 17.4. The van der Waals surface area contributed by atoms with Gasteiger partial charge in [-0.05, 0) is 54.4 Å². The highest BCUT2D eigenvalue weighted by Crippen LogP contribution is 2.35. The molecule has 21 nitrogen and oxygen atoms in total. The molecule has 0 aliphatic carbocycles. The van der Waals surface area contributed by atoms with Crippen LogP contribution in [-0.2, 0) is 59.6 Å². The largest absolute Gasteiger partial charge is 0.421 e. The number of hydrogen-bond acceptors (Lipinski definition) is 16. The Morgan fingerprint density at radius 3 is 2.45 bits per heavy atom. The second kappa shape index (κ2) is 22.1. The lowest BCUT2D eigenvalue weighted by atomic mass is 10.0. The number of benzene rings is 2. The lowest BCUT2D eigenvalue weighted by molar-refractivity contribution is -0.138.